The first-order chi connectivity index (χ1) is 12.1. The van der Waals surface area contributed by atoms with Crippen LogP contribution in [0.5, 0.6) is 0 Å². The van der Waals surface area contributed by atoms with Gasteiger partial charge in [0.2, 0.25) is 0 Å². The van der Waals surface area contributed by atoms with E-state index in [1.54, 1.807) is 19.1 Å². The number of carbonyl (C=O) groups is 1. The zero-order valence-electron chi connectivity index (χ0n) is 14.4. The number of aryl methyl sites for hydroxylation is 1. The molecule has 5 nitrogen and oxygen atoms in total. The number of nitrogens with zero attached hydrogens (tertiary/aromatic N) is 2. The SMILES string of the molecule is Cc1cc(C(=O)N2CCC(CCOCc3cccc(F)c3)CC2)no1. The molecule has 1 aliphatic heterocycles. The van der Waals surface area contributed by atoms with Crippen LogP contribution in [0.3, 0.4) is 0 Å². The summed E-state index contributed by atoms with van der Waals surface area (Å²) in [5.74, 6) is 0.905. The first kappa shape index (κ1) is 17.6. The average molecular weight is 346 g/mol. The Kier molecular flexibility index (Phi) is 5.81. The van der Waals surface area contributed by atoms with E-state index in [0.29, 0.717) is 30.6 Å². The van der Waals surface area contributed by atoms with Gasteiger partial charge in [-0.25, -0.2) is 4.39 Å². The van der Waals surface area contributed by atoms with Crippen molar-refractivity contribution in [3.63, 3.8) is 0 Å². The molecule has 0 N–H and O–H groups in total. The number of benzene rings is 1. The van der Waals surface area contributed by atoms with Crippen molar-refractivity contribution in [1.29, 1.82) is 0 Å². The molecule has 1 aromatic carbocycles. The fourth-order valence-electron chi connectivity index (χ4n) is 3.12. The third kappa shape index (κ3) is 4.89. The maximum absolute atomic E-state index is 13.1. The lowest BCUT2D eigenvalue weighted by Crippen LogP contribution is -2.38. The molecule has 25 heavy (non-hydrogen) atoms. The monoisotopic (exact) mass is 346 g/mol. The number of hydrogen-bond acceptors (Lipinski definition) is 4. The van der Waals surface area contributed by atoms with Crippen molar-refractivity contribution >= 4 is 5.91 Å². The van der Waals surface area contributed by atoms with Gasteiger partial charge in [-0.1, -0.05) is 17.3 Å². The molecule has 0 saturated carbocycles. The van der Waals surface area contributed by atoms with E-state index in [1.165, 1.54) is 12.1 Å². The molecule has 2 heterocycles. The van der Waals surface area contributed by atoms with Gasteiger partial charge >= 0.3 is 0 Å². The molecule has 0 aliphatic carbocycles. The molecule has 1 saturated heterocycles. The van der Waals surface area contributed by atoms with E-state index in [2.05, 4.69) is 5.16 Å². The van der Waals surface area contributed by atoms with Gasteiger partial charge in [-0.05, 0) is 49.8 Å². The van der Waals surface area contributed by atoms with Crippen molar-refractivity contribution in [1.82, 2.24) is 10.1 Å². The van der Waals surface area contributed by atoms with Crippen molar-refractivity contribution in [2.45, 2.75) is 32.8 Å². The highest BCUT2D eigenvalue weighted by atomic mass is 19.1. The Labute approximate surface area is 146 Å². The van der Waals surface area contributed by atoms with Gasteiger partial charge < -0.3 is 14.2 Å². The number of carbonyl (C=O) groups excluding carboxylic acids is 1. The third-order valence-electron chi connectivity index (χ3n) is 4.58. The number of ether oxygens (including phenoxy) is 1. The summed E-state index contributed by atoms with van der Waals surface area (Å²) in [6.45, 7) is 4.33. The third-order valence-corrected chi connectivity index (χ3v) is 4.58. The van der Waals surface area contributed by atoms with E-state index in [1.807, 2.05) is 11.0 Å². The molecule has 0 radical (unpaired) electrons. The Balaban J connectivity index is 1.36. The van der Waals surface area contributed by atoms with Crippen molar-refractivity contribution in [2.24, 2.45) is 5.92 Å². The Bertz CT molecular complexity index is 708. The van der Waals surface area contributed by atoms with Crippen LogP contribution in [0.15, 0.2) is 34.9 Å². The standard InChI is InChI=1S/C19H23FN2O3/c1-14-11-18(21-25-14)19(23)22-8-5-15(6-9-22)7-10-24-13-16-3-2-4-17(20)12-16/h2-4,11-12,15H,5-10,13H2,1H3. The van der Waals surface area contributed by atoms with Gasteiger partial charge in [-0.2, -0.15) is 0 Å². The van der Waals surface area contributed by atoms with Crippen LogP contribution in [0.25, 0.3) is 0 Å². The van der Waals surface area contributed by atoms with Crippen LogP contribution in [0.2, 0.25) is 0 Å². The van der Waals surface area contributed by atoms with Crippen LogP contribution in [-0.2, 0) is 11.3 Å². The van der Waals surface area contributed by atoms with Gasteiger partial charge in [0.15, 0.2) is 5.69 Å². The smallest absolute Gasteiger partial charge is 0.276 e. The van der Waals surface area contributed by atoms with E-state index in [4.69, 9.17) is 9.26 Å². The molecule has 0 atom stereocenters. The maximum atomic E-state index is 13.1. The summed E-state index contributed by atoms with van der Waals surface area (Å²) < 4.78 is 23.7. The summed E-state index contributed by atoms with van der Waals surface area (Å²) in [6.07, 6.45) is 2.89. The number of hydrogen-bond donors (Lipinski definition) is 0. The molecule has 1 amide bonds. The Morgan fingerprint density at radius 2 is 2.16 bits per heavy atom. The molecule has 1 aliphatic rings. The van der Waals surface area contributed by atoms with E-state index < -0.39 is 0 Å². The van der Waals surface area contributed by atoms with Crippen molar-refractivity contribution in [3.05, 3.63) is 53.2 Å². The Hall–Kier alpha value is -2.21. The molecule has 6 heteroatoms. The van der Waals surface area contributed by atoms with Crippen molar-refractivity contribution in [2.75, 3.05) is 19.7 Å². The molecule has 3 rings (SSSR count). The minimum atomic E-state index is -0.236. The Morgan fingerprint density at radius 3 is 2.84 bits per heavy atom. The molecular weight excluding hydrogens is 323 g/mol. The molecule has 134 valence electrons. The highest BCUT2D eigenvalue weighted by molar-refractivity contribution is 5.92. The Morgan fingerprint density at radius 1 is 1.36 bits per heavy atom. The number of halogens is 1. The summed E-state index contributed by atoms with van der Waals surface area (Å²) in [6, 6.07) is 8.15. The number of amides is 1. The van der Waals surface area contributed by atoms with Gasteiger partial charge in [0.25, 0.3) is 5.91 Å². The zero-order valence-corrected chi connectivity index (χ0v) is 14.4. The molecule has 1 fully saturated rings. The largest absolute Gasteiger partial charge is 0.377 e. The quantitative estimate of drug-likeness (QED) is 0.750. The normalized spacial score (nSPS) is 15.5. The van der Waals surface area contributed by atoms with Gasteiger partial charge in [-0.3, -0.25) is 4.79 Å². The molecule has 0 bridgehead atoms. The van der Waals surface area contributed by atoms with Crippen LogP contribution in [0, 0.1) is 18.7 Å². The zero-order chi connectivity index (χ0) is 17.6. The fraction of sp³-hybridized carbons (Fsp3) is 0.474. The van der Waals surface area contributed by atoms with Gasteiger partial charge in [0, 0.05) is 25.8 Å². The van der Waals surface area contributed by atoms with E-state index in [0.717, 1.165) is 37.9 Å². The van der Waals surface area contributed by atoms with Crippen LogP contribution in [0.1, 0.15) is 41.1 Å². The highest BCUT2D eigenvalue weighted by Crippen LogP contribution is 2.22. The van der Waals surface area contributed by atoms with Crippen LogP contribution >= 0.6 is 0 Å². The summed E-state index contributed by atoms with van der Waals surface area (Å²) in [5.41, 5.74) is 1.23. The second-order valence-corrected chi connectivity index (χ2v) is 6.53. The van der Waals surface area contributed by atoms with E-state index >= 15 is 0 Å². The lowest BCUT2D eigenvalue weighted by Gasteiger charge is -2.31. The lowest BCUT2D eigenvalue weighted by atomic mass is 9.94. The predicted molar refractivity (Wildman–Crippen MR) is 90.5 cm³/mol. The van der Waals surface area contributed by atoms with E-state index in [9.17, 15) is 9.18 Å². The topological polar surface area (TPSA) is 55.6 Å². The highest BCUT2D eigenvalue weighted by Gasteiger charge is 2.25. The number of aromatic nitrogens is 1. The molecule has 2 aromatic rings. The van der Waals surface area contributed by atoms with E-state index in [-0.39, 0.29) is 11.7 Å². The van der Waals surface area contributed by atoms with Gasteiger partial charge in [0.1, 0.15) is 11.6 Å². The van der Waals surface area contributed by atoms with Gasteiger partial charge in [0.05, 0.1) is 6.61 Å². The van der Waals surface area contributed by atoms with Crippen LogP contribution in [-0.4, -0.2) is 35.7 Å². The minimum absolute atomic E-state index is 0.0577. The summed E-state index contributed by atoms with van der Waals surface area (Å²) in [4.78, 5) is 14.1. The molecule has 1 aromatic heterocycles. The lowest BCUT2D eigenvalue weighted by molar-refractivity contribution is 0.0629. The fourth-order valence-corrected chi connectivity index (χ4v) is 3.12. The van der Waals surface area contributed by atoms with Crippen molar-refractivity contribution < 1.29 is 18.4 Å². The first-order valence-corrected chi connectivity index (χ1v) is 8.66. The number of likely N-dealkylation sites (tertiary alicyclic amines) is 1. The predicted octanol–water partition coefficient (Wildman–Crippen LogP) is 3.58. The number of piperidine rings is 1. The maximum Gasteiger partial charge on any atom is 0.276 e. The van der Waals surface area contributed by atoms with Crippen molar-refractivity contribution in [3.8, 4) is 0 Å². The molecule has 0 spiro atoms. The van der Waals surface area contributed by atoms with Crippen LogP contribution in [0.4, 0.5) is 4.39 Å². The average Bonchev–Trinajstić information content (AvgIpc) is 3.05. The summed E-state index contributed by atoms with van der Waals surface area (Å²) in [7, 11) is 0. The molecule has 0 unspecified atom stereocenters. The second-order valence-electron chi connectivity index (χ2n) is 6.53. The number of rotatable bonds is 6. The second kappa shape index (κ2) is 8.25. The minimum Gasteiger partial charge on any atom is -0.377 e. The van der Waals surface area contributed by atoms with Crippen LogP contribution < -0.4 is 0 Å². The summed E-state index contributed by atoms with van der Waals surface area (Å²) in [5, 5.41) is 3.79. The summed E-state index contributed by atoms with van der Waals surface area (Å²) >= 11 is 0. The first-order valence-electron chi connectivity index (χ1n) is 8.66. The molecular formula is C19H23FN2O3. The van der Waals surface area contributed by atoms with Gasteiger partial charge in [-0.15, -0.1) is 0 Å².